The Balaban J connectivity index is 1.61. The lowest BCUT2D eigenvalue weighted by atomic mass is 10.1. The van der Waals surface area contributed by atoms with Gasteiger partial charge in [-0.05, 0) is 44.0 Å². The molecule has 0 saturated carbocycles. The molecule has 27 heavy (non-hydrogen) atoms. The summed E-state index contributed by atoms with van der Waals surface area (Å²) in [7, 11) is 0. The van der Waals surface area contributed by atoms with Crippen LogP contribution in [-0.2, 0) is 17.9 Å². The largest absolute Gasteiger partial charge is 0.351 e. The molecule has 0 atom stereocenters. The summed E-state index contributed by atoms with van der Waals surface area (Å²) in [5.41, 5.74) is 3.37. The molecule has 1 aromatic carbocycles. The quantitative estimate of drug-likeness (QED) is 0.562. The third-order valence-corrected chi connectivity index (χ3v) is 6.53. The molecule has 1 N–H and O–H groups in total. The average Bonchev–Trinajstić information content (AvgIpc) is 3.22. The van der Waals surface area contributed by atoms with Gasteiger partial charge in [-0.15, -0.1) is 21.5 Å². The Labute approximate surface area is 172 Å². The van der Waals surface area contributed by atoms with Crippen LogP contribution in [0.3, 0.4) is 0 Å². The third-order valence-electron chi connectivity index (χ3n) is 4.29. The Morgan fingerprint density at radius 3 is 2.63 bits per heavy atom. The molecule has 0 aliphatic heterocycles. The number of amides is 1. The summed E-state index contributed by atoms with van der Waals surface area (Å²) in [6, 6.07) is 7.44. The molecule has 8 heteroatoms. The van der Waals surface area contributed by atoms with Crippen LogP contribution in [0.15, 0.2) is 34.8 Å². The Kier molecular flexibility index (Phi) is 6.57. The maximum atomic E-state index is 12.2. The fraction of sp³-hybridized carbons (Fsp3) is 0.316. The van der Waals surface area contributed by atoms with Crippen LogP contribution >= 0.6 is 34.7 Å². The summed E-state index contributed by atoms with van der Waals surface area (Å²) in [6.07, 6.45) is 0. The Hall–Kier alpha value is -1.83. The lowest BCUT2D eigenvalue weighted by molar-refractivity contribution is -0.118. The van der Waals surface area contributed by atoms with E-state index >= 15 is 0 Å². The highest BCUT2D eigenvalue weighted by molar-refractivity contribution is 7.99. The lowest BCUT2D eigenvalue weighted by Crippen LogP contribution is -2.24. The number of nitrogens with one attached hydrogen (secondary N) is 1. The second-order valence-electron chi connectivity index (χ2n) is 6.07. The van der Waals surface area contributed by atoms with Crippen LogP contribution in [-0.4, -0.2) is 26.4 Å². The number of rotatable bonds is 7. The molecule has 2 heterocycles. The predicted octanol–water partition coefficient (Wildman–Crippen LogP) is 4.71. The number of carbonyl (C=O) groups is 1. The van der Waals surface area contributed by atoms with Gasteiger partial charge in [-0.3, -0.25) is 4.79 Å². The third kappa shape index (κ3) is 4.72. The van der Waals surface area contributed by atoms with Crippen LogP contribution in [0.5, 0.6) is 0 Å². The van der Waals surface area contributed by atoms with Crippen molar-refractivity contribution < 1.29 is 4.79 Å². The molecule has 3 rings (SSSR count). The van der Waals surface area contributed by atoms with E-state index in [-0.39, 0.29) is 5.91 Å². The molecule has 0 radical (unpaired) electrons. The molecule has 2 aromatic heterocycles. The van der Waals surface area contributed by atoms with Gasteiger partial charge < -0.3 is 9.88 Å². The second kappa shape index (κ2) is 8.91. The Morgan fingerprint density at radius 2 is 2.00 bits per heavy atom. The van der Waals surface area contributed by atoms with Crippen LogP contribution in [0.25, 0.3) is 11.4 Å². The number of halogens is 1. The monoisotopic (exact) mass is 420 g/mol. The van der Waals surface area contributed by atoms with E-state index in [1.165, 1.54) is 22.2 Å². The van der Waals surface area contributed by atoms with Crippen molar-refractivity contribution in [1.29, 1.82) is 0 Å². The van der Waals surface area contributed by atoms with Crippen molar-refractivity contribution in [1.82, 2.24) is 20.1 Å². The van der Waals surface area contributed by atoms with Gasteiger partial charge in [0.2, 0.25) is 5.91 Å². The van der Waals surface area contributed by atoms with Crippen molar-refractivity contribution in [2.75, 3.05) is 5.75 Å². The van der Waals surface area contributed by atoms with E-state index in [9.17, 15) is 4.79 Å². The SMILES string of the molecule is CCn1c(SCC(=O)NCc2ccc(Cl)cc2)nnc1-c1csc(C)c1C. The highest BCUT2D eigenvalue weighted by Gasteiger charge is 2.17. The topological polar surface area (TPSA) is 59.8 Å². The average molecular weight is 421 g/mol. The summed E-state index contributed by atoms with van der Waals surface area (Å²) in [4.78, 5) is 13.5. The van der Waals surface area contributed by atoms with Gasteiger partial charge >= 0.3 is 0 Å². The predicted molar refractivity (Wildman–Crippen MR) is 113 cm³/mol. The maximum absolute atomic E-state index is 12.2. The van der Waals surface area contributed by atoms with Crippen molar-refractivity contribution in [3.63, 3.8) is 0 Å². The van der Waals surface area contributed by atoms with Crippen molar-refractivity contribution in [2.24, 2.45) is 0 Å². The first kappa shape index (κ1) is 19.9. The van der Waals surface area contributed by atoms with Gasteiger partial charge in [0.1, 0.15) is 0 Å². The minimum atomic E-state index is -0.0373. The van der Waals surface area contributed by atoms with Crippen LogP contribution in [0.4, 0.5) is 0 Å². The lowest BCUT2D eigenvalue weighted by Gasteiger charge is -2.08. The Bertz CT molecular complexity index is 934. The van der Waals surface area contributed by atoms with Crippen LogP contribution in [0.2, 0.25) is 5.02 Å². The maximum Gasteiger partial charge on any atom is 0.230 e. The number of benzene rings is 1. The molecule has 0 saturated heterocycles. The van der Waals surface area contributed by atoms with Gasteiger partial charge in [0, 0.05) is 33.9 Å². The van der Waals surface area contributed by atoms with Crippen LogP contribution in [0.1, 0.15) is 22.9 Å². The summed E-state index contributed by atoms with van der Waals surface area (Å²) in [5, 5.41) is 15.2. The number of thioether (sulfide) groups is 1. The molecule has 0 bridgehead atoms. The molecule has 0 aliphatic rings. The standard InChI is InChI=1S/C19H21ClN4OS2/c1-4-24-18(16-10-26-13(3)12(16)2)22-23-19(24)27-11-17(25)21-9-14-5-7-15(20)8-6-14/h5-8,10H,4,9,11H2,1-3H3,(H,21,25). The number of carbonyl (C=O) groups excluding carboxylic acids is 1. The first-order chi connectivity index (χ1) is 13.0. The second-order valence-corrected chi connectivity index (χ2v) is 8.54. The first-order valence-electron chi connectivity index (χ1n) is 8.61. The summed E-state index contributed by atoms with van der Waals surface area (Å²) in [5.74, 6) is 1.13. The number of thiophene rings is 1. The van der Waals surface area contributed by atoms with E-state index in [1.807, 2.05) is 24.3 Å². The van der Waals surface area contributed by atoms with E-state index < -0.39 is 0 Å². The minimum Gasteiger partial charge on any atom is -0.351 e. The molecule has 3 aromatic rings. The zero-order chi connectivity index (χ0) is 19.4. The normalized spacial score (nSPS) is 11.0. The molecule has 142 valence electrons. The molecule has 0 fully saturated rings. The van der Waals surface area contributed by atoms with E-state index in [0.29, 0.717) is 17.3 Å². The van der Waals surface area contributed by atoms with E-state index in [1.54, 1.807) is 11.3 Å². The molecular weight excluding hydrogens is 400 g/mol. The molecule has 0 unspecified atom stereocenters. The molecule has 1 amide bonds. The van der Waals surface area contributed by atoms with Gasteiger partial charge in [0.25, 0.3) is 0 Å². The summed E-state index contributed by atoms with van der Waals surface area (Å²) >= 11 is 9.00. The molecule has 5 nitrogen and oxygen atoms in total. The molecule has 0 aliphatic carbocycles. The summed E-state index contributed by atoms with van der Waals surface area (Å²) < 4.78 is 2.06. The number of aryl methyl sites for hydroxylation is 1. The number of aromatic nitrogens is 3. The Morgan fingerprint density at radius 1 is 1.26 bits per heavy atom. The highest BCUT2D eigenvalue weighted by Crippen LogP contribution is 2.31. The number of hydrogen-bond acceptors (Lipinski definition) is 5. The highest BCUT2D eigenvalue weighted by atomic mass is 35.5. The van der Waals surface area contributed by atoms with E-state index in [0.717, 1.165) is 28.7 Å². The molecule has 0 spiro atoms. The van der Waals surface area contributed by atoms with Gasteiger partial charge in [0.15, 0.2) is 11.0 Å². The van der Waals surface area contributed by atoms with Crippen molar-refractivity contribution in [2.45, 2.75) is 39.0 Å². The van der Waals surface area contributed by atoms with Crippen molar-refractivity contribution >= 4 is 40.6 Å². The van der Waals surface area contributed by atoms with Crippen LogP contribution in [0, 0.1) is 13.8 Å². The van der Waals surface area contributed by atoms with Gasteiger partial charge in [0.05, 0.1) is 5.75 Å². The fourth-order valence-corrected chi connectivity index (χ4v) is 4.42. The van der Waals surface area contributed by atoms with E-state index in [4.69, 9.17) is 11.6 Å². The van der Waals surface area contributed by atoms with Gasteiger partial charge in [-0.25, -0.2) is 0 Å². The van der Waals surface area contributed by atoms with Gasteiger partial charge in [-0.1, -0.05) is 35.5 Å². The smallest absolute Gasteiger partial charge is 0.230 e. The van der Waals surface area contributed by atoms with Crippen molar-refractivity contribution in [3.05, 3.63) is 50.7 Å². The molecular formula is C19H21ClN4OS2. The van der Waals surface area contributed by atoms with Gasteiger partial charge in [-0.2, -0.15) is 0 Å². The number of hydrogen-bond donors (Lipinski definition) is 1. The van der Waals surface area contributed by atoms with Crippen molar-refractivity contribution in [3.8, 4) is 11.4 Å². The first-order valence-corrected chi connectivity index (χ1v) is 10.9. The zero-order valence-corrected chi connectivity index (χ0v) is 17.8. The van der Waals surface area contributed by atoms with Crippen LogP contribution < -0.4 is 5.32 Å². The fourth-order valence-electron chi connectivity index (χ4n) is 2.60. The zero-order valence-electron chi connectivity index (χ0n) is 15.5. The number of nitrogens with zero attached hydrogens (tertiary/aromatic N) is 3. The van der Waals surface area contributed by atoms with E-state index in [2.05, 4.69) is 46.2 Å². The summed E-state index contributed by atoms with van der Waals surface area (Å²) in [6.45, 7) is 7.51. The minimum absolute atomic E-state index is 0.0373.